The molecule has 2 unspecified atom stereocenters. The number of aliphatic hydroxyl groups excluding tert-OH is 1. The summed E-state index contributed by atoms with van der Waals surface area (Å²) in [5, 5.41) is 6.61. The summed E-state index contributed by atoms with van der Waals surface area (Å²) in [6, 6.07) is 6.57. The molecule has 2 atom stereocenters. The molecule has 1 aliphatic rings. The summed E-state index contributed by atoms with van der Waals surface area (Å²) < 4.78 is 160. The fraction of sp³-hybridized carbons (Fsp3) is 0.206. The van der Waals surface area contributed by atoms with Crippen molar-refractivity contribution in [2.75, 3.05) is 6.61 Å². The lowest BCUT2D eigenvalue weighted by molar-refractivity contribution is -0.148. The second-order valence-corrected chi connectivity index (χ2v) is 14.4. The van der Waals surface area contributed by atoms with Gasteiger partial charge in [-0.15, -0.1) is 0 Å². The van der Waals surface area contributed by atoms with Crippen molar-refractivity contribution in [2.24, 2.45) is 0 Å². The molecule has 4 aromatic rings. The fourth-order valence-corrected chi connectivity index (χ4v) is 6.77. The van der Waals surface area contributed by atoms with Gasteiger partial charge < -0.3 is 19.3 Å². The number of phosphoric acid groups is 1. The molecule has 0 bridgehead atoms. The van der Waals surface area contributed by atoms with Crippen LogP contribution in [0.5, 0.6) is 0 Å². The Morgan fingerprint density at radius 3 is 1.34 bits per heavy atom. The van der Waals surface area contributed by atoms with E-state index in [4.69, 9.17) is 74.2 Å². The molecule has 300 valence electrons. The van der Waals surface area contributed by atoms with Gasteiger partial charge in [0.15, 0.2) is 23.5 Å². The Balaban J connectivity index is 1.50. The Bertz CT molecular complexity index is 2190. The van der Waals surface area contributed by atoms with Crippen LogP contribution in [0.2, 0.25) is 20.1 Å². The third-order valence-corrected chi connectivity index (χ3v) is 10.5. The van der Waals surface area contributed by atoms with Gasteiger partial charge in [0.1, 0.15) is 74.3 Å². The van der Waals surface area contributed by atoms with Gasteiger partial charge in [0.2, 0.25) is 5.76 Å². The number of halogens is 12. The van der Waals surface area contributed by atoms with Crippen molar-refractivity contribution in [1.82, 2.24) is 0 Å². The van der Waals surface area contributed by atoms with Gasteiger partial charge in [0.05, 0.1) is 19.8 Å². The molecule has 0 saturated heterocycles. The van der Waals surface area contributed by atoms with Gasteiger partial charge in [0, 0.05) is 22.3 Å². The third-order valence-electron chi connectivity index (χ3n) is 7.66. The van der Waals surface area contributed by atoms with Gasteiger partial charge in [-0.2, -0.15) is 0 Å². The van der Waals surface area contributed by atoms with Gasteiger partial charge in [-0.1, -0.05) is 58.5 Å². The summed E-state index contributed by atoms with van der Waals surface area (Å²) in [4.78, 5) is 13.2. The first-order chi connectivity index (χ1) is 26.5. The number of rotatable bonds is 16. The molecule has 1 aliphatic heterocycles. The monoisotopic (exact) mass is 896 g/mol. The van der Waals surface area contributed by atoms with Crippen molar-refractivity contribution in [3.05, 3.63) is 149 Å². The maximum Gasteiger partial charge on any atom is 0.475 e. The van der Waals surface area contributed by atoms with Crippen LogP contribution in [0.15, 0.2) is 60.0 Å². The van der Waals surface area contributed by atoms with Crippen molar-refractivity contribution < 1.29 is 77.4 Å². The van der Waals surface area contributed by atoms with Crippen LogP contribution in [-0.2, 0) is 63.6 Å². The second kappa shape index (κ2) is 18.3. The van der Waals surface area contributed by atoms with Crippen LogP contribution in [0.3, 0.4) is 0 Å². The number of hydrogen-bond donors (Lipinski definition) is 1. The maximum atomic E-state index is 14.8. The van der Waals surface area contributed by atoms with E-state index in [0.29, 0.717) is 0 Å². The van der Waals surface area contributed by atoms with E-state index < -0.39 is 159 Å². The predicted molar refractivity (Wildman–Crippen MR) is 181 cm³/mol. The number of carbonyl (C=O) groups is 1. The standard InChI is InChI=1S/C34H21Cl4F8O9P/c35-23-18(39)5-1-14(27(23)43)10-50-32-31(54-34(48)33(32)51-11-15-2-6-19(40)24(36)28(15)44)22(9-47)55-56(49,52-12-16-3-7-20(41)25(37)29(16)45)53-13-17-4-8-21(42)26(38)30(17)46/h1-8,22,31,47H,9-13H2. The van der Waals surface area contributed by atoms with Crippen LogP contribution in [0.4, 0.5) is 35.1 Å². The molecule has 0 aromatic heterocycles. The van der Waals surface area contributed by atoms with E-state index in [1.54, 1.807) is 0 Å². The van der Waals surface area contributed by atoms with Crippen molar-refractivity contribution >= 4 is 60.2 Å². The minimum absolute atomic E-state index is 0.390. The highest BCUT2D eigenvalue weighted by molar-refractivity contribution is 7.48. The lowest BCUT2D eigenvalue weighted by Crippen LogP contribution is -2.35. The summed E-state index contributed by atoms with van der Waals surface area (Å²) >= 11 is 22.5. The maximum absolute atomic E-state index is 14.8. The van der Waals surface area contributed by atoms with Crippen molar-refractivity contribution in [1.29, 1.82) is 0 Å². The van der Waals surface area contributed by atoms with E-state index in [0.717, 1.165) is 48.5 Å². The molecule has 56 heavy (non-hydrogen) atoms. The number of hydrogen-bond acceptors (Lipinski definition) is 9. The summed E-state index contributed by atoms with van der Waals surface area (Å²) in [6.45, 7) is -5.08. The average molecular weight is 898 g/mol. The van der Waals surface area contributed by atoms with Crippen LogP contribution >= 0.6 is 54.2 Å². The van der Waals surface area contributed by atoms with Crippen LogP contribution in [0, 0.1) is 46.5 Å². The zero-order chi connectivity index (χ0) is 41.1. The summed E-state index contributed by atoms with van der Waals surface area (Å²) in [7, 11) is -5.31. The Labute approximate surface area is 330 Å². The summed E-state index contributed by atoms with van der Waals surface area (Å²) in [5.41, 5.74) is -1.82. The van der Waals surface area contributed by atoms with Crippen LogP contribution in [0.1, 0.15) is 22.3 Å². The molecule has 9 nitrogen and oxygen atoms in total. The summed E-state index contributed by atoms with van der Waals surface area (Å²) in [6.07, 6.45) is -4.12. The minimum Gasteiger partial charge on any atom is -0.485 e. The number of esters is 1. The van der Waals surface area contributed by atoms with E-state index in [2.05, 4.69) is 0 Å². The minimum atomic E-state index is -5.31. The Morgan fingerprint density at radius 1 is 0.607 bits per heavy atom. The first-order valence-electron chi connectivity index (χ1n) is 15.3. The topological polar surface area (TPSA) is 110 Å². The highest BCUT2D eigenvalue weighted by Gasteiger charge is 2.47. The average Bonchev–Trinajstić information content (AvgIpc) is 3.49. The number of ether oxygens (including phenoxy) is 3. The first-order valence-corrected chi connectivity index (χ1v) is 18.3. The van der Waals surface area contributed by atoms with Gasteiger partial charge in [-0.3, -0.25) is 13.6 Å². The number of carbonyl (C=O) groups excluding carboxylic acids is 1. The Kier molecular flexibility index (Phi) is 14.2. The number of cyclic esters (lactones) is 1. The molecule has 22 heteroatoms. The Morgan fingerprint density at radius 2 is 0.964 bits per heavy atom. The molecule has 1 heterocycles. The number of phosphoric ester groups is 1. The molecule has 0 saturated carbocycles. The lowest BCUT2D eigenvalue weighted by atomic mass is 10.1. The summed E-state index contributed by atoms with van der Waals surface area (Å²) in [5.74, 6) is -12.9. The van der Waals surface area contributed by atoms with E-state index >= 15 is 0 Å². The van der Waals surface area contributed by atoms with Crippen molar-refractivity contribution in [3.8, 4) is 0 Å². The van der Waals surface area contributed by atoms with Gasteiger partial charge in [0.25, 0.3) is 0 Å². The van der Waals surface area contributed by atoms with Crippen molar-refractivity contribution in [2.45, 2.75) is 38.6 Å². The highest BCUT2D eigenvalue weighted by atomic mass is 35.5. The van der Waals surface area contributed by atoms with Crippen LogP contribution in [-0.4, -0.2) is 29.9 Å². The predicted octanol–water partition coefficient (Wildman–Crippen LogP) is 10.2. The molecule has 0 aliphatic carbocycles. The van der Waals surface area contributed by atoms with E-state index in [1.807, 2.05) is 0 Å². The van der Waals surface area contributed by atoms with Gasteiger partial charge in [-0.25, -0.2) is 44.5 Å². The van der Waals surface area contributed by atoms with Gasteiger partial charge >= 0.3 is 13.8 Å². The molecular weight excluding hydrogens is 877 g/mol. The molecule has 0 spiro atoms. The number of benzene rings is 4. The van der Waals surface area contributed by atoms with E-state index in [9.17, 15) is 49.6 Å². The first kappa shape index (κ1) is 43.5. The molecule has 4 aromatic carbocycles. The molecule has 5 rings (SSSR count). The molecule has 0 amide bonds. The largest absolute Gasteiger partial charge is 0.485 e. The van der Waals surface area contributed by atoms with Crippen LogP contribution in [0.25, 0.3) is 0 Å². The quantitative estimate of drug-likeness (QED) is 0.0509. The molecule has 1 N–H and O–H groups in total. The fourth-order valence-electron chi connectivity index (χ4n) is 4.73. The van der Waals surface area contributed by atoms with E-state index in [-0.39, 0.29) is 0 Å². The molecule has 0 fully saturated rings. The molecule has 0 radical (unpaired) electrons. The SMILES string of the molecule is O=C1OC(C(CO)OP(=O)(OCc2ccc(F)c(Cl)c2F)OCc2ccc(F)c(Cl)c2F)C(OCc2ccc(F)c(Cl)c2F)=C1OCc1ccc(F)c(Cl)c1F. The van der Waals surface area contributed by atoms with Crippen molar-refractivity contribution in [3.63, 3.8) is 0 Å². The van der Waals surface area contributed by atoms with Crippen LogP contribution < -0.4 is 0 Å². The van der Waals surface area contributed by atoms with Gasteiger partial charge in [-0.05, 0) is 36.4 Å². The van der Waals surface area contributed by atoms with E-state index in [1.165, 1.54) is 0 Å². The zero-order valence-electron chi connectivity index (χ0n) is 27.5. The number of aliphatic hydroxyl groups is 1. The normalized spacial score (nSPS) is 15.0. The smallest absolute Gasteiger partial charge is 0.475 e. The lowest BCUT2D eigenvalue weighted by Gasteiger charge is -2.27. The highest BCUT2D eigenvalue weighted by Crippen LogP contribution is 2.53. The molecular formula is C34H21Cl4F8O9P. The third kappa shape index (κ3) is 9.55. The Hall–Kier alpha value is -3.64. The second-order valence-electron chi connectivity index (χ2n) is 11.3. The zero-order valence-corrected chi connectivity index (χ0v) is 31.4.